The third-order valence-electron chi connectivity index (χ3n) is 5.53. The number of piperidine rings is 1. The van der Waals surface area contributed by atoms with Crippen LogP contribution in [0.4, 0.5) is 13.2 Å². The number of nitrogens with zero attached hydrogens (tertiary/aromatic N) is 2. The molecule has 1 aliphatic heterocycles. The molecule has 152 valence electrons. The van der Waals surface area contributed by atoms with E-state index in [4.69, 9.17) is 4.74 Å². The lowest BCUT2D eigenvalue weighted by molar-refractivity contribution is -0.148. The number of hydrogen-bond donors (Lipinski definition) is 0. The largest absolute Gasteiger partial charge is 0.444 e. The Morgan fingerprint density at radius 3 is 2.36 bits per heavy atom. The molecule has 3 atom stereocenters. The molecule has 0 N–H and O–H groups in total. The van der Waals surface area contributed by atoms with Crippen LogP contribution in [0.25, 0.3) is 5.57 Å². The van der Waals surface area contributed by atoms with Crippen LogP contribution in [0.15, 0.2) is 35.4 Å². The van der Waals surface area contributed by atoms with Gasteiger partial charge in [0.05, 0.1) is 11.3 Å². The van der Waals surface area contributed by atoms with Crippen molar-refractivity contribution in [3.8, 4) is 0 Å². The van der Waals surface area contributed by atoms with Gasteiger partial charge in [0.15, 0.2) is 5.60 Å². The molecule has 0 saturated carbocycles. The fourth-order valence-electron chi connectivity index (χ4n) is 4.17. The highest BCUT2D eigenvalue weighted by Crippen LogP contribution is 2.49. The average molecular weight is 394 g/mol. The number of hydrogen-bond acceptors (Lipinski definition) is 4. The van der Waals surface area contributed by atoms with E-state index in [-0.39, 0.29) is 23.2 Å². The third kappa shape index (κ3) is 3.54. The Bertz CT molecular complexity index is 821. The predicted octanol–water partition coefficient (Wildman–Crippen LogP) is 5.04. The first-order valence-corrected chi connectivity index (χ1v) is 9.50. The summed E-state index contributed by atoms with van der Waals surface area (Å²) >= 11 is 0. The highest BCUT2D eigenvalue weighted by Gasteiger charge is 2.51. The monoisotopic (exact) mass is 394 g/mol. The van der Waals surface area contributed by atoms with Crippen molar-refractivity contribution in [1.82, 2.24) is 5.01 Å². The van der Waals surface area contributed by atoms with Gasteiger partial charge < -0.3 is 4.74 Å². The average Bonchev–Trinajstić information content (AvgIpc) is 2.94. The molecule has 1 fully saturated rings. The Balaban J connectivity index is 2.17. The van der Waals surface area contributed by atoms with Crippen LogP contribution in [0.2, 0.25) is 0 Å². The topological polar surface area (TPSA) is 41.9 Å². The van der Waals surface area contributed by atoms with Crippen molar-refractivity contribution in [3.63, 3.8) is 0 Å². The van der Waals surface area contributed by atoms with Crippen molar-refractivity contribution in [1.29, 1.82) is 0 Å². The lowest BCUT2D eigenvalue weighted by Crippen LogP contribution is -2.43. The summed E-state index contributed by atoms with van der Waals surface area (Å²) in [7, 11) is 0. The van der Waals surface area contributed by atoms with Gasteiger partial charge in [-0.3, -0.25) is 9.80 Å². The van der Waals surface area contributed by atoms with Gasteiger partial charge in [0.1, 0.15) is 0 Å². The van der Waals surface area contributed by atoms with E-state index >= 15 is 0 Å². The maximum absolute atomic E-state index is 13.7. The summed E-state index contributed by atoms with van der Waals surface area (Å²) in [5.74, 6) is -0.663. The Morgan fingerprint density at radius 1 is 1.18 bits per heavy atom. The van der Waals surface area contributed by atoms with Crippen molar-refractivity contribution >= 4 is 17.3 Å². The second kappa shape index (κ2) is 7.26. The molecule has 1 aromatic carbocycles. The van der Waals surface area contributed by atoms with Crippen LogP contribution < -0.4 is 0 Å². The first-order valence-electron chi connectivity index (χ1n) is 9.50. The number of carbonyl (C=O) groups is 1. The second-order valence-electron chi connectivity index (χ2n) is 7.63. The van der Waals surface area contributed by atoms with Gasteiger partial charge in [0, 0.05) is 24.6 Å². The molecule has 7 heteroatoms. The SMILES string of the molecule is CC(=O)OC1(/C(C)=N/N2C(C)CCCC2C)C=C(C(F)(F)F)c2ccccc21. The molecular weight excluding hydrogens is 369 g/mol. The van der Waals surface area contributed by atoms with Crippen molar-refractivity contribution in [2.45, 2.75) is 70.8 Å². The summed E-state index contributed by atoms with van der Waals surface area (Å²) in [6.45, 7) is 6.92. The Kier molecular flexibility index (Phi) is 5.30. The van der Waals surface area contributed by atoms with E-state index in [0.717, 1.165) is 25.3 Å². The number of rotatable bonds is 3. The van der Waals surface area contributed by atoms with Gasteiger partial charge in [-0.2, -0.15) is 18.3 Å². The van der Waals surface area contributed by atoms with Crippen LogP contribution in [-0.2, 0) is 15.1 Å². The van der Waals surface area contributed by atoms with Gasteiger partial charge in [0.25, 0.3) is 0 Å². The van der Waals surface area contributed by atoms with Crippen LogP contribution in [0.3, 0.4) is 0 Å². The van der Waals surface area contributed by atoms with Gasteiger partial charge in [-0.25, -0.2) is 0 Å². The molecule has 0 aromatic heterocycles. The van der Waals surface area contributed by atoms with E-state index in [1.165, 1.54) is 13.0 Å². The second-order valence-corrected chi connectivity index (χ2v) is 7.63. The summed E-state index contributed by atoms with van der Waals surface area (Å²) in [6.07, 6.45) is -0.561. The van der Waals surface area contributed by atoms with Crippen LogP contribution in [0.5, 0.6) is 0 Å². The smallest absolute Gasteiger partial charge is 0.416 e. The minimum atomic E-state index is -4.57. The predicted molar refractivity (Wildman–Crippen MR) is 102 cm³/mol. The molecule has 1 aromatic rings. The Hall–Kier alpha value is -2.31. The Labute approximate surface area is 163 Å². The Morgan fingerprint density at radius 2 is 1.79 bits per heavy atom. The summed E-state index contributed by atoms with van der Waals surface area (Å²) in [6, 6.07) is 6.48. The highest BCUT2D eigenvalue weighted by atomic mass is 19.4. The number of allylic oxidation sites excluding steroid dienone is 1. The van der Waals surface area contributed by atoms with E-state index in [9.17, 15) is 18.0 Å². The number of alkyl halides is 3. The molecule has 0 spiro atoms. The number of ether oxygens (including phenoxy) is 1. The van der Waals surface area contributed by atoms with Crippen LogP contribution >= 0.6 is 0 Å². The maximum Gasteiger partial charge on any atom is 0.416 e. The molecule has 0 bridgehead atoms. The summed E-state index contributed by atoms with van der Waals surface area (Å²) < 4.78 is 46.7. The molecule has 3 unspecified atom stereocenters. The molecule has 0 amide bonds. The van der Waals surface area contributed by atoms with Crippen molar-refractivity contribution in [2.75, 3.05) is 0 Å². The zero-order chi connectivity index (χ0) is 20.7. The lowest BCUT2D eigenvalue weighted by atomic mass is 9.91. The minimum absolute atomic E-state index is 0.0190. The van der Waals surface area contributed by atoms with Crippen LogP contribution in [-0.4, -0.2) is 34.9 Å². The lowest BCUT2D eigenvalue weighted by Gasteiger charge is -2.39. The molecule has 28 heavy (non-hydrogen) atoms. The first kappa shape index (κ1) is 20.4. The van der Waals surface area contributed by atoms with Gasteiger partial charge in [-0.1, -0.05) is 24.3 Å². The highest BCUT2D eigenvalue weighted by molar-refractivity contribution is 6.01. The van der Waals surface area contributed by atoms with Gasteiger partial charge in [-0.15, -0.1) is 0 Å². The molecule has 3 rings (SSSR count). The zero-order valence-electron chi connectivity index (χ0n) is 16.5. The van der Waals surface area contributed by atoms with Crippen molar-refractivity contribution in [3.05, 3.63) is 41.5 Å². The van der Waals surface area contributed by atoms with Crippen molar-refractivity contribution < 1.29 is 22.7 Å². The third-order valence-corrected chi connectivity index (χ3v) is 5.53. The summed E-state index contributed by atoms with van der Waals surface area (Å²) in [4.78, 5) is 11.9. The fourth-order valence-corrected chi connectivity index (χ4v) is 4.17. The van der Waals surface area contributed by atoms with E-state index in [1.54, 1.807) is 25.1 Å². The molecule has 1 heterocycles. The number of benzene rings is 1. The molecule has 4 nitrogen and oxygen atoms in total. The maximum atomic E-state index is 13.7. The van der Waals surface area contributed by atoms with E-state index in [0.29, 0.717) is 5.71 Å². The molecule has 1 saturated heterocycles. The van der Waals surface area contributed by atoms with Crippen molar-refractivity contribution in [2.24, 2.45) is 5.10 Å². The number of fused-ring (bicyclic) bond motifs is 1. The zero-order valence-corrected chi connectivity index (χ0v) is 16.5. The molecule has 1 aliphatic carbocycles. The normalized spacial score (nSPS) is 28.0. The standard InChI is InChI=1S/C21H25F3N2O2/c1-13-8-7-9-14(2)26(13)25-15(3)20(28-16(4)27)12-19(21(22,23)24)17-10-5-6-11-18(17)20/h5-6,10-14H,7-9H2,1-4H3/b25-15+. The quantitative estimate of drug-likeness (QED) is 0.533. The first-order chi connectivity index (χ1) is 13.1. The van der Waals surface area contributed by atoms with E-state index < -0.39 is 23.3 Å². The minimum Gasteiger partial charge on any atom is -0.444 e. The molecule has 2 aliphatic rings. The summed E-state index contributed by atoms with van der Waals surface area (Å²) in [5, 5.41) is 6.60. The van der Waals surface area contributed by atoms with Gasteiger partial charge in [0.2, 0.25) is 0 Å². The number of esters is 1. The molecule has 0 radical (unpaired) electrons. The number of halogens is 3. The van der Waals surface area contributed by atoms with E-state index in [2.05, 4.69) is 5.10 Å². The van der Waals surface area contributed by atoms with Gasteiger partial charge in [-0.05, 0) is 51.7 Å². The van der Waals surface area contributed by atoms with Crippen LogP contribution in [0.1, 0.15) is 58.1 Å². The van der Waals surface area contributed by atoms with Crippen LogP contribution in [0, 0.1) is 0 Å². The fraction of sp³-hybridized carbons (Fsp3) is 0.524. The van der Waals surface area contributed by atoms with E-state index in [1.807, 2.05) is 18.9 Å². The summed E-state index contributed by atoms with van der Waals surface area (Å²) in [5.41, 5.74) is -1.85. The number of hydrazone groups is 1. The molecular formula is C21H25F3N2O2. The van der Waals surface area contributed by atoms with Gasteiger partial charge >= 0.3 is 12.1 Å². The number of carbonyl (C=O) groups excluding carboxylic acids is 1.